The maximum Gasteiger partial charge on any atom is 0.141 e. The first-order chi connectivity index (χ1) is 6.68. The molecule has 0 saturated carbocycles. The average molecular weight is 190 g/mol. The van der Waals surface area contributed by atoms with Crippen molar-refractivity contribution in [1.29, 1.82) is 0 Å². The van der Waals surface area contributed by atoms with Gasteiger partial charge >= 0.3 is 0 Å². The highest BCUT2D eigenvalue weighted by Crippen LogP contribution is 2.24. The van der Waals surface area contributed by atoms with Crippen LogP contribution in [0.4, 0.5) is 0 Å². The fraction of sp³-hybridized carbons (Fsp3) is 0.273. The van der Waals surface area contributed by atoms with Crippen LogP contribution in [0.15, 0.2) is 30.5 Å². The van der Waals surface area contributed by atoms with E-state index in [0.717, 1.165) is 10.9 Å². The Morgan fingerprint density at radius 3 is 2.79 bits per heavy atom. The molecule has 2 rings (SSSR count). The molecule has 74 valence electrons. The van der Waals surface area contributed by atoms with Gasteiger partial charge in [0.2, 0.25) is 0 Å². The SMILES string of the molecule is CC(C)Nn1ccc2cccc(O)c21. The number of aromatic nitrogens is 1. The molecule has 1 aromatic carbocycles. The van der Waals surface area contributed by atoms with Gasteiger partial charge in [-0.1, -0.05) is 12.1 Å². The zero-order valence-electron chi connectivity index (χ0n) is 8.36. The summed E-state index contributed by atoms with van der Waals surface area (Å²) in [6.07, 6.45) is 1.92. The third-order valence-corrected chi connectivity index (χ3v) is 2.09. The van der Waals surface area contributed by atoms with Crippen molar-refractivity contribution in [3.05, 3.63) is 30.5 Å². The number of nitrogens with one attached hydrogen (secondary N) is 1. The molecule has 0 aliphatic rings. The number of hydrogen-bond donors (Lipinski definition) is 2. The van der Waals surface area contributed by atoms with Crippen LogP contribution in [0.3, 0.4) is 0 Å². The molecule has 14 heavy (non-hydrogen) atoms. The summed E-state index contributed by atoms with van der Waals surface area (Å²) in [5.41, 5.74) is 4.06. The minimum absolute atomic E-state index is 0.306. The molecule has 0 radical (unpaired) electrons. The Hall–Kier alpha value is -1.64. The summed E-state index contributed by atoms with van der Waals surface area (Å²) in [5, 5.41) is 10.7. The molecule has 0 saturated heterocycles. The van der Waals surface area contributed by atoms with Gasteiger partial charge in [0, 0.05) is 17.6 Å². The molecule has 1 heterocycles. The first-order valence-corrected chi connectivity index (χ1v) is 4.74. The lowest BCUT2D eigenvalue weighted by Gasteiger charge is -2.12. The van der Waals surface area contributed by atoms with Crippen molar-refractivity contribution in [3.8, 4) is 5.75 Å². The highest BCUT2D eigenvalue weighted by Gasteiger charge is 2.05. The molecule has 3 heteroatoms. The van der Waals surface area contributed by atoms with Crippen LogP contribution in [-0.2, 0) is 0 Å². The van der Waals surface area contributed by atoms with Crippen molar-refractivity contribution in [1.82, 2.24) is 4.68 Å². The second kappa shape index (κ2) is 3.25. The van der Waals surface area contributed by atoms with E-state index in [-0.39, 0.29) is 0 Å². The number of fused-ring (bicyclic) bond motifs is 1. The van der Waals surface area contributed by atoms with E-state index in [9.17, 15) is 5.11 Å². The predicted molar refractivity (Wildman–Crippen MR) is 58.1 cm³/mol. The Kier molecular flexibility index (Phi) is 2.08. The maximum atomic E-state index is 9.69. The van der Waals surface area contributed by atoms with Crippen LogP contribution in [0.5, 0.6) is 5.75 Å². The van der Waals surface area contributed by atoms with Crippen LogP contribution in [-0.4, -0.2) is 15.8 Å². The summed E-state index contributed by atoms with van der Waals surface area (Å²) in [5.74, 6) is 0.306. The Labute approximate surface area is 82.9 Å². The van der Waals surface area contributed by atoms with E-state index in [1.165, 1.54) is 0 Å². The molecule has 0 unspecified atom stereocenters. The molecule has 0 aliphatic heterocycles. The highest BCUT2D eigenvalue weighted by molar-refractivity contribution is 5.85. The summed E-state index contributed by atoms with van der Waals surface area (Å²) >= 11 is 0. The zero-order valence-corrected chi connectivity index (χ0v) is 8.36. The Morgan fingerprint density at radius 1 is 1.29 bits per heavy atom. The molecule has 0 spiro atoms. The van der Waals surface area contributed by atoms with Crippen molar-refractivity contribution in [2.24, 2.45) is 0 Å². The smallest absolute Gasteiger partial charge is 0.141 e. The van der Waals surface area contributed by atoms with Gasteiger partial charge in [0.25, 0.3) is 0 Å². The zero-order chi connectivity index (χ0) is 10.1. The molecule has 2 N–H and O–H groups in total. The van der Waals surface area contributed by atoms with Crippen LogP contribution < -0.4 is 5.43 Å². The molecule has 0 amide bonds. The summed E-state index contributed by atoms with van der Waals surface area (Å²) < 4.78 is 1.86. The molecule has 0 bridgehead atoms. The Bertz CT molecular complexity index is 445. The van der Waals surface area contributed by atoms with Crippen molar-refractivity contribution in [2.45, 2.75) is 19.9 Å². The van der Waals surface area contributed by atoms with E-state index in [1.807, 2.05) is 29.1 Å². The molecule has 0 fully saturated rings. The fourth-order valence-electron chi connectivity index (χ4n) is 1.56. The largest absolute Gasteiger partial charge is 0.506 e. The van der Waals surface area contributed by atoms with Crippen LogP contribution in [0.1, 0.15) is 13.8 Å². The van der Waals surface area contributed by atoms with Gasteiger partial charge in [-0.2, -0.15) is 0 Å². The second-order valence-electron chi connectivity index (χ2n) is 3.68. The predicted octanol–water partition coefficient (Wildman–Crippen LogP) is 2.30. The van der Waals surface area contributed by atoms with Gasteiger partial charge in [-0.25, -0.2) is 0 Å². The number of benzene rings is 1. The summed E-state index contributed by atoms with van der Waals surface area (Å²) in [7, 11) is 0. The molecule has 0 atom stereocenters. The monoisotopic (exact) mass is 190 g/mol. The number of phenolic OH excluding ortho intramolecular Hbond substituents is 1. The maximum absolute atomic E-state index is 9.69. The minimum atomic E-state index is 0.306. The van der Waals surface area contributed by atoms with Gasteiger partial charge < -0.3 is 10.5 Å². The lowest BCUT2D eigenvalue weighted by Crippen LogP contribution is -2.20. The number of phenols is 1. The minimum Gasteiger partial charge on any atom is -0.506 e. The summed E-state index contributed by atoms with van der Waals surface area (Å²) in [6.45, 7) is 4.12. The van der Waals surface area contributed by atoms with E-state index in [0.29, 0.717) is 11.8 Å². The number of aromatic hydroxyl groups is 1. The third-order valence-electron chi connectivity index (χ3n) is 2.09. The van der Waals surface area contributed by atoms with Crippen molar-refractivity contribution in [3.63, 3.8) is 0 Å². The van der Waals surface area contributed by atoms with Gasteiger partial charge in [-0.3, -0.25) is 4.68 Å². The van der Waals surface area contributed by atoms with Gasteiger partial charge in [0.1, 0.15) is 11.3 Å². The number of rotatable bonds is 2. The van der Waals surface area contributed by atoms with Crippen molar-refractivity contribution >= 4 is 10.9 Å². The molecule has 1 aromatic heterocycles. The average Bonchev–Trinajstić information content (AvgIpc) is 2.49. The fourth-order valence-corrected chi connectivity index (χ4v) is 1.56. The normalized spacial score (nSPS) is 11.1. The van der Waals surface area contributed by atoms with Crippen LogP contribution in [0.2, 0.25) is 0 Å². The van der Waals surface area contributed by atoms with Gasteiger partial charge in [0.15, 0.2) is 0 Å². The number of nitrogens with zero attached hydrogens (tertiary/aromatic N) is 1. The van der Waals surface area contributed by atoms with E-state index < -0.39 is 0 Å². The topological polar surface area (TPSA) is 37.2 Å². The van der Waals surface area contributed by atoms with E-state index >= 15 is 0 Å². The van der Waals surface area contributed by atoms with E-state index in [1.54, 1.807) is 6.07 Å². The van der Waals surface area contributed by atoms with Crippen LogP contribution in [0.25, 0.3) is 10.9 Å². The molecule has 3 nitrogen and oxygen atoms in total. The first-order valence-electron chi connectivity index (χ1n) is 4.74. The van der Waals surface area contributed by atoms with Crippen LogP contribution in [0, 0.1) is 0 Å². The number of para-hydroxylation sites is 1. The summed E-state index contributed by atoms with van der Waals surface area (Å²) in [4.78, 5) is 0. The molecular weight excluding hydrogens is 176 g/mol. The quantitative estimate of drug-likeness (QED) is 0.762. The Morgan fingerprint density at radius 2 is 2.07 bits per heavy atom. The molecular formula is C11H14N2O. The van der Waals surface area contributed by atoms with Crippen LogP contribution >= 0.6 is 0 Å². The van der Waals surface area contributed by atoms with Crippen molar-refractivity contribution in [2.75, 3.05) is 5.43 Å². The third kappa shape index (κ3) is 1.41. The lowest BCUT2D eigenvalue weighted by atomic mass is 10.2. The molecule has 2 aromatic rings. The van der Waals surface area contributed by atoms with Gasteiger partial charge in [0.05, 0.1) is 0 Å². The second-order valence-corrected chi connectivity index (χ2v) is 3.68. The first kappa shape index (κ1) is 8.94. The lowest BCUT2D eigenvalue weighted by molar-refractivity contribution is 0.478. The van der Waals surface area contributed by atoms with Gasteiger partial charge in [-0.05, 0) is 26.0 Å². The molecule has 0 aliphatic carbocycles. The standard InChI is InChI=1S/C11H14N2O/c1-8(2)12-13-7-6-9-4-3-5-10(14)11(9)13/h3-8,12,14H,1-2H3. The van der Waals surface area contributed by atoms with Gasteiger partial charge in [-0.15, -0.1) is 0 Å². The Balaban J connectivity index is 2.55. The van der Waals surface area contributed by atoms with Crippen molar-refractivity contribution < 1.29 is 5.11 Å². The van der Waals surface area contributed by atoms with E-state index in [4.69, 9.17) is 0 Å². The van der Waals surface area contributed by atoms with E-state index in [2.05, 4.69) is 19.3 Å². The number of hydrogen-bond acceptors (Lipinski definition) is 2. The summed E-state index contributed by atoms with van der Waals surface area (Å²) in [6, 6.07) is 7.83. The highest BCUT2D eigenvalue weighted by atomic mass is 16.3.